The Morgan fingerprint density at radius 2 is 2.10 bits per heavy atom. The molecule has 0 spiro atoms. The molecule has 9 nitrogen and oxygen atoms in total. The number of aryl methyl sites for hydroxylation is 2. The van der Waals surface area contributed by atoms with Crippen molar-refractivity contribution in [2.75, 3.05) is 12.4 Å². The van der Waals surface area contributed by atoms with Crippen molar-refractivity contribution < 1.29 is 13.2 Å². The quantitative estimate of drug-likeness (QED) is 0.658. The van der Waals surface area contributed by atoms with Crippen LogP contribution in [0, 0.1) is 6.92 Å². The van der Waals surface area contributed by atoms with Gasteiger partial charge in [0.05, 0.1) is 29.9 Å². The topological polar surface area (TPSA) is 104 Å². The van der Waals surface area contributed by atoms with Gasteiger partial charge in [-0.1, -0.05) is 11.6 Å². The van der Waals surface area contributed by atoms with E-state index in [1.165, 1.54) is 13.3 Å². The van der Waals surface area contributed by atoms with Crippen LogP contribution in [0.4, 0.5) is 11.6 Å². The van der Waals surface area contributed by atoms with Crippen molar-refractivity contribution in [3.8, 4) is 17.3 Å². The fraction of sp³-hybridized carbons (Fsp3) is 0.389. The van der Waals surface area contributed by atoms with Gasteiger partial charge in [0.1, 0.15) is 10.8 Å². The van der Waals surface area contributed by atoms with Crippen molar-refractivity contribution in [2.45, 2.75) is 38.0 Å². The summed E-state index contributed by atoms with van der Waals surface area (Å²) in [5.41, 5.74) is 4.26. The first-order valence-electron chi connectivity index (χ1n) is 9.25. The summed E-state index contributed by atoms with van der Waals surface area (Å²) in [5.74, 6) is 0.441. The van der Waals surface area contributed by atoms with Gasteiger partial charge in [-0.05, 0) is 37.8 Å². The number of anilines is 2. The van der Waals surface area contributed by atoms with E-state index in [9.17, 15) is 8.42 Å². The number of rotatable bonds is 5. The van der Waals surface area contributed by atoms with Gasteiger partial charge in [0.25, 0.3) is 15.9 Å². The Balaban J connectivity index is 1.52. The summed E-state index contributed by atoms with van der Waals surface area (Å²) in [4.78, 5) is 9.06. The fourth-order valence-corrected chi connectivity index (χ4v) is 5.60. The van der Waals surface area contributed by atoms with E-state index in [-0.39, 0.29) is 5.88 Å². The van der Waals surface area contributed by atoms with Gasteiger partial charge in [-0.2, -0.15) is 5.10 Å². The predicted octanol–water partition coefficient (Wildman–Crippen LogP) is 2.75. The first-order valence-corrected chi connectivity index (χ1v) is 11.1. The van der Waals surface area contributed by atoms with E-state index >= 15 is 0 Å². The van der Waals surface area contributed by atoms with E-state index < -0.39 is 15.3 Å². The van der Waals surface area contributed by atoms with E-state index in [0.717, 1.165) is 39.6 Å². The van der Waals surface area contributed by atoms with Crippen molar-refractivity contribution in [3.63, 3.8) is 0 Å². The second-order valence-corrected chi connectivity index (χ2v) is 9.68. The molecule has 1 aliphatic heterocycles. The summed E-state index contributed by atoms with van der Waals surface area (Å²) in [6, 6.07) is 1.93. The maximum Gasteiger partial charge on any atom is 0.259 e. The highest BCUT2D eigenvalue weighted by Gasteiger charge is 2.39. The minimum Gasteiger partial charge on any atom is -0.479 e. The molecule has 29 heavy (non-hydrogen) atoms. The van der Waals surface area contributed by atoms with Gasteiger partial charge < -0.3 is 14.6 Å². The second-order valence-electron chi connectivity index (χ2n) is 7.25. The highest BCUT2D eigenvalue weighted by Crippen LogP contribution is 2.37. The Labute approximate surface area is 172 Å². The Hall–Kier alpha value is -2.59. The zero-order valence-electron chi connectivity index (χ0n) is 15.9. The summed E-state index contributed by atoms with van der Waals surface area (Å²) in [6.45, 7) is 2.78. The molecule has 3 aromatic rings. The number of nitrogens with zero attached hydrogens (tertiary/aromatic N) is 5. The highest BCUT2D eigenvalue weighted by molar-refractivity contribution is 7.90. The monoisotopic (exact) mass is 434 g/mol. The van der Waals surface area contributed by atoms with Crippen LogP contribution in [0.15, 0.2) is 18.5 Å². The van der Waals surface area contributed by atoms with Gasteiger partial charge in [0.15, 0.2) is 0 Å². The zero-order chi connectivity index (χ0) is 20.3. The number of nitrogens with one attached hydrogen (secondary N) is 1. The lowest BCUT2D eigenvalue weighted by Gasteiger charge is -2.20. The van der Waals surface area contributed by atoms with Crippen LogP contribution in [0.3, 0.4) is 0 Å². The Morgan fingerprint density at radius 1 is 1.31 bits per heavy atom. The summed E-state index contributed by atoms with van der Waals surface area (Å²) in [6.07, 6.45) is 5.27. The van der Waals surface area contributed by atoms with Gasteiger partial charge in [-0.15, -0.1) is 4.09 Å². The van der Waals surface area contributed by atoms with Gasteiger partial charge in [-0.3, -0.25) is 0 Å². The summed E-state index contributed by atoms with van der Waals surface area (Å²) in [7, 11) is -2.15. The molecule has 2 aliphatic rings. The molecule has 1 aliphatic carbocycles. The average molecular weight is 435 g/mol. The number of fused-ring (bicyclic) bond motifs is 3. The van der Waals surface area contributed by atoms with Crippen molar-refractivity contribution in [1.82, 2.24) is 23.7 Å². The molecule has 1 saturated carbocycles. The van der Waals surface area contributed by atoms with Crippen LogP contribution in [-0.2, 0) is 23.0 Å². The van der Waals surface area contributed by atoms with Crippen LogP contribution in [0.5, 0.6) is 5.88 Å². The number of hydrogen-bond acceptors (Lipinski definition) is 7. The predicted molar refractivity (Wildman–Crippen MR) is 108 cm³/mol. The summed E-state index contributed by atoms with van der Waals surface area (Å²) in [5, 5.41) is 7.35. The van der Waals surface area contributed by atoms with Gasteiger partial charge in [0.2, 0.25) is 5.95 Å². The maximum atomic E-state index is 12.6. The number of halogens is 1. The minimum absolute atomic E-state index is 0.112. The first-order chi connectivity index (χ1) is 13.9. The lowest BCUT2D eigenvalue weighted by atomic mass is 10.0. The molecule has 0 unspecified atom stereocenters. The fourth-order valence-electron chi connectivity index (χ4n) is 3.67. The third kappa shape index (κ3) is 2.89. The van der Waals surface area contributed by atoms with Crippen LogP contribution >= 0.6 is 11.6 Å². The van der Waals surface area contributed by atoms with Crippen molar-refractivity contribution in [2.24, 2.45) is 0 Å². The van der Waals surface area contributed by atoms with Crippen LogP contribution < -0.4 is 10.1 Å². The lowest BCUT2D eigenvalue weighted by Crippen LogP contribution is -2.19. The molecule has 0 amide bonds. The van der Waals surface area contributed by atoms with E-state index in [2.05, 4.69) is 20.4 Å². The number of methoxy groups -OCH3 is 1. The van der Waals surface area contributed by atoms with E-state index in [1.807, 2.05) is 17.6 Å². The average Bonchev–Trinajstić information content (AvgIpc) is 3.42. The lowest BCUT2D eigenvalue weighted by molar-refractivity contribution is 0.389. The van der Waals surface area contributed by atoms with E-state index in [0.29, 0.717) is 29.6 Å². The standard InChI is InChI=1S/C18H19ClN6O3S/c1-10-7-14(19)24-6-5-11-8-20-18(23-15(11)16(10)24)22-13-9-21-25(17(13)28-2)29(26,27)12-3-4-12/h7-9,12H,3-6H2,1-2H3,(H,20,22,23). The maximum absolute atomic E-state index is 12.6. The molecule has 0 atom stereocenters. The second kappa shape index (κ2) is 6.46. The third-order valence-corrected chi connectivity index (χ3v) is 7.62. The van der Waals surface area contributed by atoms with Gasteiger partial charge >= 0.3 is 0 Å². The first kappa shape index (κ1) is 18.4. The number of ether oxygens (including phenoxy) is 1. The SMILES string of the molecule is COc1c(Nc2ncc3c(n2)-c2c(C)cc(Cl)n2CC3)cnn1S(=O)(=O)C1CC1. The molecule has 5 rings (SSSR count). The molecule has 0 bridgehead atoms. The molecule has 4 heterocycles. The molecular formula is C18H19ClN6O3S. The summed E-state index contributed by atoms with van der Waals surface area (Å²) >= 11 is 6.33. The number of aromatic nitrogens is 5. The summed E-state index contributed by atoms with van der Waals surface area (Å²) < 4.78 is 33.4. The van der Waals surface area contributed by atoms with E-state index in [1.54, 1.807) is 6.20 Å². The van der Waals surface area contributed by atoms with Crippen molar-refractivity contribution in [1.29, 1.82) is 0 Å². The third-order valence-electron chi connectivity index (χ3n) is 5.25. The molecule has 0 aromatic carbocycles. The van der Waals surface area contributed by atoms with Crippen molar-refractivity contribution in [3.05, 3.63) is 34.7 Å². The van der Waals surface area contributed by atoms with Crippen molar-refractivity contribution >= 4 is 33.3 Å². The smallest absolute Gasteiger partial charge is 0.259 e. The van der Waals surface area contributed by atoms with Crippen LogP contribution in [0.2, 0.25) is 5.15 Å². The molecule has 1 N–H and O–H groups in total. The molecule has 0 saturated heterocycles. The van der Waals surface area contributed by atoms with E-state index in [4.69, 9.17) is 16.3 Å². The van der Waals surface area contributed by atoms with Gasteiger partial charge in [-0.25, -0.2) is 18.4 Å². The van der Waals surface area contributed by atoms with Crippen LogP contribution in [0.25, 0.3) is 11.4 Å². The molecular weight excluding hydrogens is 416 g/mol. The van der Waals surface area contributed by atoms with Gasteiger partial charge in [0, 0.05) is 18.3 Å². The Kier molecular flexibility index (Phi) is 4.11. The van der Waals surface area contributed by atoms with Crippen LogP contribution in [0.1, 0.15) is 24.0 Å². The molecule has 152 valence electrons. The molecule has 11 heteroatoms. The molecule has 1 fully saturated rings. The molecule has 0 radical (unpaired) electrons. The Morgan fingerprint density at radius 3 is 2.83 bits per heavy atom. The molecule has 3 aromatic heterocycles. The highest BCUT2D eigenvalue weighted by atomic mass is 35.5. The minimum atomic E-state index is -3.56. The normalized spacial score (nSPS) is 15.7. The van der Waals surface area contributed by atoms with Crippen LogP contribution in [-0.4, -0.2) is 44.5 Å². The largest absolute Gasteiger partial charge is 0.479 e. The Bertz CT molecular complexity index is 1230. The zero-order valence-corrected chi connectivity index (χ0v) is 17.5. The number of hydrogen-bond donors (Lipinski definition) is 1.